The van der Waals surface area contributed by atoms with Crippen molar-refractivity contribution in [2.45, 2.75) is 6.92 Å². The van der Waals surface area contributed by atoms with E-state index in [0.29, 0.717) is 22.7 Å². The number of hydrogen-bond donors (Lipinski definition) is 2. The first-order valence-corrected chi connectivity index (χ1v) is 7.43. The van der Waals surface area contributed by atoms with Crippen LogP contribution < -0.4 is 15.8 Å². The van der Waals surface area contributed by atoms with Crippen LogP contribution in [0.25, 0.3) is 0 Å². The van der Waals surface area contributed by atoms with Crippen LogP contribution in [0.2, 0.25) is 0 Å². The van der Waals surface area contributed by atoms with Gasteiger partial charge in [-0.25, -0.2) is 0 Å². The predicted molar refractivity (Wildman–Crippen MR) is 85.8 cm³/mol. The number of hydrogen-bond acceptors (Lipinski definition) is 4. The van der Waals surface area contributed by atoms with E-state index in [2.05, 4.69) is 17.2 Å². The standard InChI is InChI=1S/C16H16N2O2S/c1-2-20-14-7-3-6-13(11-14)18-16(19)15-12(5-4-9-17)8-10-21-15/h3,6-8,10-11H,2,9,17H2,1H3,(H,18,19). The number of benzene rings is 1. The van der Waals surface area contributed by atoms with Gasteiger partial charge >= 0.3 is 0 Å². The molecule has 1 amide bonds. The summed E-state index contributed by atoms with van der Waals surface area (Å²) in [5.41, 5.74) is 6.75. The monoisotopic (exact) mass is 300 g/mol. The molecule has 0 unspecified atom stereocenters. The largest absolute Gasteiger partial charge is 0.494 e. The predicted octanol–water partition coefficient (Wildman–Crippen LogP) is 2.71. The molecule has 5 heteroatoms. The maximum Gasteiger partial charge on any atom is 0.267 e. The van der Waals surface area contributed by atoms with E-state index < -0.39 is 0 Å². The number of carbonyl (C=O) groups is 1. The third-order valence-electron chi connectivity index (χ3n) is 2.60. The molecule has 3 N–H and O–H groups in total. The zero-order valence-corrected chi connectivity index (χ0v) is 12.5. The molecule has 2 aromatic rings. The number of thiophene rings is 1. The second-order valence-electron chi connectivity index (χ2n) is 4.08. The molecule has 0 aliphatic heterocycles. The molecule has 108 valence electrons. The lowest BCUT2D eigenvalue weighted by atomic mass is 10.2. The van der Waals surface area contributed by atoms with Crippen molar-refractivity contribution in [2.75, 3.05) is 18.5 Å². The summed E-state index contributed by atoms with van der Waals surface area (Å²) >= 11 is 1.36. The van der Waals surface area contributed by atoms with E-state index in [1.807, 2.05) is 36.6 Å². The normalized spacial score (nSPS) is 9.62. The lowest BCUT2D eigenvalue weighted by molar-refractivity contribution is 0.103. The summed E-state index contributed by atoms with van der Waals surface area (Å²) in [6, 6.07) is 9.12. The second-order valence-corrected chi connectivity index (χ2v) is 5.00. The number of anilines is 1. The second kappa shape index (κ2) is 7.48. The molecule has 0 aliphatic carbocycles. The van der Waals surface area contributed by atoms with Crippen LogP contribution in [0, 0.1) is 11.8 Å². The summed E-state index contributed by atoms with van der Waals surface area (Å²) < 4.78 is 5.41. The van der Waals surface area contributed by atoms with E-state index in [4.69, 9.17) is 10.5 Å². The minimum Gasteiger partial charge on any atom is -0.494 e. The highest BCUT2D eigenvalue weighted by Gasteiger charge is 2.12. The van der Waals surface area contributed by atoms with Crippen molar-refractivity contribution in [3.63, 3.8) is 0 Å². The highest BCUT2D eigenvalue weighted by atomic mass is 32.1. The van der Waals surface area contributed by atoms with Gasteiger partial charge in [-0.3, -0.25) is 4.79 Å². The number of ether oxygens (including phenoxy) is 1. The van der Waals surface area contributed by atoms with E-state index in [0.717, 1.165) is 5.75 Å². The molecule has 4 nitrogen and oxygen atoms in total. The molecule has 0 saturated carbocycles. The van der Waals surface area contributed by atoms with Crippen molar-refractivity contribution in [3.8, 4) is 17.6 Å². The van der Waals surface area contributed by atoms with Crippen molar-refractivity contribution >= 4 is 22.9 Å². The molecule has 0 aliphatic rings. The number of rotatable bonds is 4. The number of carbonyl (C=O) groups excluding carboxylic acids is 1. The van der Waals surface area contributed by atoms with Crippen LogP contribution in [0.3, 0.4) is 0 Å². The fourth-order valence-corrected chi connectivity index (χ4v) is 2.49. The van der Waals surface area contributed by atoms with E-state index in [1.54, 1.807) is 6.07 Å². The summed E-state index contributed by atoms with van der Waals surface area (Å²) in [5, 5.41) is 4.69. The van der Waals surface area contributed by atoms with Crippen LogP contribution in [0.5, 0.6) is 5.75 Å². The number of amides is 1. The molecule has 1 aromatic carbocycles. The van der Waals surface area contributed by atoms with Gasteiger partial charge in [0.2, 0.25) is 0 Å². The first-order chi connectivity index (χ1) is 10.2. The molecular formula is C16H16N2O2S. The van der Waals surface area contributed by atoms with Crippen LogP contribution in [-0.2, 0) is 0 Å². The van der Waals surface area contributed by atoms with Crippen LogP contribution in [-0.4, -0.2) is 19.1 Å². The molecule has 0 bridgehead atoms. The van der Waals surface area contributed by atoms with Crippen LogP contribution in [0.15, 0.2) is 35.7 Å². The zero-order chi connectivity index (χ0) is 15.1. The van der Waals surface area contributed by atoms with Gasteiger partial charge in [0.1, 0.15) is 10.6 Å². The van der Waals surface area contributed by atoms with Gasteiger partial charge in [0.05, 0.1) is 13.2 Å². The van der Waals surface area contributed by atoms with Gasteiger partial charge in [0, 0.05) is 17.3 Å². The van der Waals surface area contributed by atoms with Crippen LogP contribution >= 0.6 is 11.3 Å². The van der Waals surface area contributed by atoms with Crippen molar-refractivity contribution in [3.05, 3.63) is 46.2 Å². The molecular weight excluding hydrogens is 284 g/mol. The maximum atomic E-state index is 12.3. The summed E-state index contributed by atoms with van der Waals surface area (Å²) in [6.45, 7) is 2.77. The first kappa shape index (κ1) is 15.1. The highest BCUT2D eigenvalue weighted by molar-refractivity contribution is 7.12. The van der Waals surface area contributed by atoms with Crippen molar-refractivity contribution < 1.29 is 9.53 Å². The summed E-state index contributed by atoms with van der Waals surface area (Å²) in [7, 11) is 0. The highest BCUT2D eigenvalue weighted by Crippen LogP contribution is 2.21. The average molecular weight is 300 g/mol. The lowest BCUT2D eigenvalue weighted by Crippen LogP contribution is -2.11. The molecule has 21 heavy (non-hydrogen) atoms. The third kappa shape index (κ3) is 4.09. The van der Waals surface area contributed by atoms with Gasteiger partial charge in [-0.05, 0) is 30.5 Å². The first-order valence-electron chi connectivity index (χ1n) is 6.55. The molecule has 2 rings (SSSR count). The summed E-state index contributed by atoms with van der Waals surface area (Å²) in [6.07, 6.45) is 0. The average Bonchev–Trinajstić information content (AvgIpc) is 2.94. The lowest BCUT2D eigenvalue weighted by Gasteiger charge is -2.07. The maximum absolute atomic E-state index is 12.3. The van der Waals surface area contributed by atoms with Crippen molar-refractivity contribution in [2.24, 2.45) is 5.73 Å². The Kier molecular flexibility index (Phi) is 5.38. The van der Waals surface area contributed by atoms with Crippen molar-refractivity contribution in [1.82, 2.24) is 0 Å². The topological polar surface area (TPSA) is 64.3 Å². The molecule has 0 radical (unpaired) electrons. The van der Waals surface area contributed by atoms with E-state index >= 15 is 0 Å². The Hall–Kier alpha value is -2.29. The van der Waals surface area contributed by atoms with Crippen molar-refractivity contribution in [1.29, 1.82) is 0 Å². The van der Waals surface area contributed by atoms with E-state index in [9.17, 15) is 4.79 Å². The quantitative estimate of drug-likeness (QED) is 0.853. The van der Waals surface area contributed by atoms with E-state index in [-0.39, 0.29) is 12.5 Å². The minimum atomic E-state index is -0.181. The fraction of sp³-hybridized carbons (Fsp3) is 0.188. The van der Waals surface area contributed by atoms with Gasteiger partial charge in [0.15, 0.2) is 0 Å². The van der Waals surface area contributed by atoms with Gasteiger partial charge in [0.25, 0.3) is 5.91 Å². The van der Waals surface area contributed by atoms with Crippen LogP contribution in [0.1, 0.15) is 22.2 Å². The fourth-order valence-electron chi connectivity index (χ4n) is 1.75. The number of nitrogens with one attached hydrogen (secondary N) is 1. The molecule has 1 heterocycles. The molecule has 0 atom stereocenters. The zero-order valence-electron chi connectivity index (χ0n) is 11.7. The third-order valence-corrected chi connectivity index (χ3v) is 3.51. The molecule has 0 fully saturated rings. The van der Waals surface area contributed by atoms with E-state index in [1.165, 1.54) is 11.3 Å². The van der Waals surface area contributed by atoms with Gasteiger partial charge in [-0.2, -0.15) is 0 Å². The Balaban J connectivity index is 2.15. The smallest absolute Gasteiger partial charge is 0.267 e. The Morgan fingerprint density at radius 1 is 1.43 bits per heavy atom. The van der Waals surface area contributed by atoms with Gasteiger partial charge < -0.3 is 15.8 Å². The number of nitrogens with two attached hydrogens (primary N) is 1. The minimum absolute atomic E-state index is 0.181. The Bertz CT molecular complexity index is 683. The Morgan fingerprint density at radius 3 is 3.05 bits per heavy atom. The molecule has 1 aromatic heterocycles. The Labute approximate surface area is 127 Å². The van der Waals surface area contributed by atoms with Gasteiger partial charge in [-0.1, -0.05) is 17.9 Å². The Morgan fingerprint density at radius 2 is 2.29 bits per heavy atom. The molecule has 0 spiro atoms. The SMILES string of the molecule is CCOc1cccc(NC(=O)c2sccc2C#CCN)c1. The summed E-state index contributed by atoms with van der Waals surface area (Å²) in [4.78, 5) is 12.9. The summed E-state index contributed by atoms with van der Waals surface area (Å²) in [5.74, 6) is 6.21. The molecule has 0 saturated heterocycles. The van der Waals surface area contributed by atoms with Gasteiger partial charge in [-0.15, -0.1) is 11.3 Å². The van der Waals surface area contributed by atoms with Crippen LogP contribution in [0.4, 0.5) is 5.69 Å².